The summed E-state index contributed by atoms with van der Waals surface area (Å²) in [6, 6.07) is 9.08. The molecule has 2 atom stereocenters. The van der Waals surface area contributed by atoms with Crippen LogP contribution in [0.15, 0.2) is 28.7 Å². The van der Waals surface area contributed by atoms with Crippen molar-refractivity contribution >= 4 is 11.0 Å². The highest BCUT2D eigenvalue weighted by atomic mass is 16.5. The normalized spacial score (nSPS) is 26.3. The van der Waals surface area contributed by atoms with E-state index in [4.69, 9.17) is 9.15 Å². The largest absolute Gasteiger partial charge is 0.461 e. The summed E-state index contributed by atoms with van der Waals surface area (Å²) in [6.45, 7) is 4.00. The standard InChI is InChI=1S/C18H23NO2/c1-12-17(15-6-2-3-7-16(15)21-12)18-13(5-4-10-20-18)11-19-14-8-9-14/h2-3,6-7,13-14,18-19H,4-5,8-11H2,1H3. The second-order valence-corrected chi connectivity index (χ2v) is 6.44. The third-order valence-electron chi connectivity index (χ3n) is 4.79. The number of ether oxygens (including phenoxy) is 1. The van der Waals surface area contributed by atoms with E-state index in [1.807, 2.05) is 12.1 Å². The number of benzene rings is 1. The van der Waals surface area contributed by atoms with Crippen molar-refractivity contribution in [3.63, 3.8) is 0 Å². The van der Waals surface area contributed by atoms with Gasteiger partial charge in [0.25, 0.3) is 0 Å². The molecular weight excluding hydrogens is 262 g/mol. The molecule has 1 saturated carbocycles. The molecule has 3 heteroatoms. The van der Waals surface area contributed by atoms with Crippen LogP contribution in [0.25, 0.3) is 11.0 Å². The molecule has 3 nitrogen and oxygen atoms in total. The van der Waals surface area contributed by atoms with Crippen LogP contribution in [0, 0.1) is 12.8 Å². The zero-order chi connectivity index (χ0) is 14.2. The Morgan fingerprint density at radius 2 is 2.05 bits per heavy atom. The van der Waals surface area contributed by atoms with E-state index in [1.54, 1.807) is 0 Å². The summed E-state index contributed by atoms with van der Waals surface area (Å²) in [6.07, 6.45) is 5.26. The van der Waals surface area contributed by atoms with Crippen LogP contribution in [0.3, 0.4) is 0 Å². The number of rotatable bonds is 4. The molecule has 2 aliphatic rings. The molecule has 2 unspecified atom stereocenters. The Hall–Kier alpha value is -1.32. The van der Waals surface area contributed by atoms with Gasteiger partial charge in [0.1, 0.15) is 11.3 Å². The summed E-state index contributed by atoms with van der Waals surface area (Å²) in [4.78, 5) is 0. The van der Waals surface area contributed by atoms with E-state index in [0.717, 1.165) is 30.5 Å². The molecular formula is C18H23NO2. The van der Waals surface area contributed by atoms with Crippen molar-refractivity contribution in [3.8, 4) is 0 Å². The topological polar surface area (TPSA) is 34.4 Å². The lowest BCUT2D eigenvalue weighted by Gasteiger charge is -2.32. The van der Waals surface area contributed by atoms with Crippen LogP contribution in [0.5, 0.6) is 0 Å². The number of nitrogens with one attached hydrogen (secondary N) is 1. The first-order chi connectivity index (χ1) is 10.3. The molecule has 0 spiro atoms. The molecule has 112 valence electrons. The number of fused-ring (bicyclic) bond motifs is 1. The van der Waals surface area contributed by atoms with E-state index in [-0.39, 0.29) is 6.10 Å². The molecule has 0 amide bonds. The van der Waals surface area contributed by atoms with Gasteiger partial charge in [0, 0.05) is 36.1 Å². The summed E-state index contributed by atoms with van der Waals surface area (Å²) >= 11 is 0. The van der Waals surface area contributed by atoms with Crippen LogP contribution in [0.2, 0.25) is 0 Å². The van der Waals surface area contributed by atoms with Gasteiger partial charge in [0.15, 0.2) is 0 Å². The first kappa shape index (κ1) is 13.4. The predicted octanol–water partition coefficient (Wildman–Crippen LogP) is 3.96. The van der Waals surface area contributed by atoms with Crippen molar-refractivity contribution < 1.29 is 9.15 Å². The summed E-state index contributed by atoms with van der Waals surface area (Å²) < 4.78 is 12.1. The molecule has 1 aliphatic carbocycles. The Morgan fingerprint density at radius 1 is 1.19 bits per heavy atom. The predicted molar refractivity (Wildman–Crippen MR) is 83.4 cm³/mol. The lowest BCUT2D eigenvalue weighted by molar-refractivity contribution is -0.0278. The highest BCUT2D eigenvalue weighted by Gasteiger charge is 2.33. The smallest absolute Gasteiger partial charge is 0.134 e. The lowest BCUT2D eigenvalue weighted by Crippen LogP contribution is -2.33. The minimum Gasteiger partial charge on any atom is -0.461 e. The molecule has 21 heavy (non-hydrogen) atoms. The van der Waals surface area contributed by atoms with E-state index in [1.165, 1.54) is 36.6 Å². The van der Waals surface area contributed by atoms with Gasteiger partial charge in [-0.1, -0.05) is 18.2 Å². The fourth-order valence-electron chi connectivity index (χ4n) is 3.52. The molecule has 2 heterocycles. The first-order valence-electron chi connectivity index (χ1n) is 8.16. The maximum atomic E-state index is 6.18. The van der Waals surface area contributed by atoms with Crippen LogP contribution in [0.4, 0.5) is 0 Å². The molecule has 1 N–H and O–H groups in total. The summed E-state index contributed by atoms with van der Waals surface area (Å²) in [5, 5.41) is 4.90. The van der Waals surface area contributed by atoms with Gasteiger partial charge in [-0.05, 0) is 38.7 Å². The fraction of sp³-hybridized carbons (Fsp3) is 0.556. The van der Waals surface area contributed by atoms with Crippen LogP contribution in [0.1, 0.15) is 43.1 Å². The first-order valence-corrected chi connectivity index (χ1v) is 8.16. The molecule has 2 aromatic rings. The van der Waals surface area contributed by atoms with E-state index in [9.17, 15) is 0 Å². The SMILES string of the molecule is Cc1oc2ccccc2c1C1OCCCC1CNC1CC1. The Kier molecular flexibility index (Phi) is 3.48. The van der Waals surface area contributed by atoms with Gasteiger partial charge in [-0.15, -0.1) is 0 Å². The number of para-hydroxylation sites is 1. The van der Waals surface area contributed by atoms with E-state index >= 15 is 0 Å². The highest BCUT2D eigenvalue weighted by Crippen LogP contribution is 2.40. The number of hydrogen-bond donors (Lipinski definition) is 1. The van der Waals surface area contributed by atoms with E-state index < -0.39 is 0 Å². The summed E-state index contributed by atoms with van der Waals surface area (Å²) in [5.74, 6) is 1.57. The van der Waals surface area contributed by atoms with Crippen LogP contribution >= 0.6 is 0 Å². The maximum absolute atomic E-state index is 6.18. The quantitative estimate of drug-likeness (QED) is 0.923. The van der Waals surface area contributed by atoms with Crippen molar-refractivity contribution in [1.82, 2.24) is 5.32 Å². The molecule has 0 radical (unpaired) electrons. The highest BCUT2D eigenvalue weighted by molar-refractivity contribution is 5.82. The van der Waals surface area contributed by atoms with Gasteiger partial charge in [-0.3, -0.25) is 0 Å². The van der Waals surface area contributed by atoms with Gasteiger partial charge < -0.3 is 14.5 Å². The molecule has 0 bridgehead atoms. The molecule has 2 fully saturated rings. The summed E-state index contributed by atoms with van der Waals surface area (Å²) in [5.41, 5.74) is 2.25. The molecule has 1 aromatic heterocycles. The van der Waals surface area contributed by atoms with Crippen molar-refractivity contribution in [2.45, 2.75) is 44.8 Å². The number of hydrogen-bond acceptors (Lipinski definition) is 3. The Labute approximate surface area is 125 Å². The minimum absolute atomic E-state index is 0.175. The lowest BCUT2D eigenvalue weighted by atomic mass is 9.88. The van der Waals surface area contributed by atoms with Crippen molar-refractivity contribution in [2.24, 2.45) is 5.92 Å². The Morgan fingerprint density at radius 3 is 2.90 bits per heavy atom. The van der Waals surface area contributed by atoms with Crippen molar-refractivity contribution in [2.75, 3.05) is 13.2 Å². The van der Waals surface area contributed by atoms with E-state index in [0.29, 0.717) is 5.92 Å². The van der Waals surface area contributed by atoms with Crippen LogP contribution < -0.4 is 5.32 Å². The zero-order valence-electron chi connectivity index (χ0n) is 12.6. The molecule has 1 saturated heterocycles. The Balaban J connectivity index is 1.65. The maximum Gasteiger partial charge on any atom is 0.134 e. The van der Waals surface area contributed by atoms with Crippen LogP contribution in [-0.4, -0.2) is 19.2 Å². The molecule has 4 rings (SSSR count). The number of furan rings is 1. The molecule has 1 aromatic carbocycles. The van der Waals surface area contributed by atoms with Gasteiger partial charge in [-0.25, -0.2) is 0 Å². The van der Waals surface area contributed by atoms with Crippen molar-refractivity contribution in [3.05, 3.63) is 35.6 Å². The third kappa shape index (κ3) is 2.60. The zero-order valence-corrected chi connectivity index (χ0v) is 12.6. The Bertz CT molecular complexity index is 629. The average Bonchev–Trinajstić information content (AvgIpc) is 3.27. The van der Waals surface area contributed by atoms with Crippen LogP contribution in [-0.2, 0) is 4.74 Å². The third-order valence-corrected chi connectivity index (χ3v) is 4.79. The summed E-state index contributed by atoms with van der Waals surface area (Å²) in [7, 11) is 0. The monoisotopic (exact) mass is 285 g/mol. The van der Waals surface area contributed by atoms with Crippen molar-refractivity contribution in [1.29, 1.82) is 0 Å². The van der Waals surface area contributed by atoms with Gasteiger partial charge in [0.05, 0.1) is 6.10 Å². The minimum atomic E-state index is 0.175. The van der Waals surface area contributed by atoms with E-state index in [2.05, 4.69) is 24.4 Å². The second kappa shape index (κ2) is 5.47. The van der Waals surface area contributed by atoms with Gasteiger partial charge in [-0.2, -0.15) is 0 Å². The average molecular weight is 285 g/mol. The fourth-order valence-corrected chi connectivity index (χ4v) is 3.52. The van der Waals surface area contributed by atoms with Gasteiger partial charge in [0.2, 0.25) is 0 Å². The number of aryl methyl sites for hydroxylation is 1. The molecule has 1 aliphatic heterocycles. The second-order valence-electron chi connectivity index (χ2n) is 6.44. The van der Waals surface area contributed by atoms with Gasteiger partial charge >= 0.3 is 0 Å².